The molecule has 3 saturated heterocycles. The molecule has 4 aliphatic rings. The lowest BCUT2D eigenvalue weighted by atomic mass is 9.77. The second kappa shape index (κ2) is 10.0. The molecule has 3 fully saturated rings. The van der Waals surface area contributed by atoms with Gasteiger partial charge in [-0.2, -0.15) is 10.1 Å². The van der Waals surface area contributed by atoms with Gasteiger partial charge >= 0.3 is 6.09 Å². The van der Waals surface area contributed by atoms with E-state index in [2.05, 4.69) is 46.5 Å². The van der Waals surface area contributed by atoms with Crippen LogP contribution in [0.2, 0.25) is 0 Å². The van der Waals surface area contributed by atoms with Gasteiger partial charge in [0.25, 0.3) is 0 Å². The number of rotatable bonds is 3. The van der Waals surface area contributed by atoms with Crippen LogP contribution in [-0.4, -0.2) is 63.1 Å². The SMILES string of the molecule is CC(C)(C)OC(=O)N1CCCC2(CCN2c2ccc3c(n2)OCc2cc(-c4cnn(C5CCCCO5)c4)ccc2-3)C1. The molecule has 0 bridgehead atoms. The Balaban J connectivity index is 1.09. The number of fused-ring (bicyclic) bond motifs is 3. The zero-order chi connectivity index (χ0) is 28.2. The number of aromatic nitrogens is 3. The number of amides is 1. The number of benzene rings is 1. The average molecular weight is 558 g/mol. The molecule has 0 aliphatic carbocycles. The van der Waals surface area contributed by atoms with E-state index in [0.717, 1.165) is 85.4 Å². The van der Waals surface area contributed by atoms with Gasteiger partial charge < -0.3 is 24.0 Å². The van der Waals surface area contributed by atoms with Crippen molar-refractivity contribution in [3.05, 3.63) is 48.3 Å². The van der Waals surface area contributed by atoms with Gasteiger partial charge in [-0.25, -0.2) is 9.48 Å². The Morgan fingerprint density at radius 1 is 1.05 bits per heavy atom. The first-order valence-corrected chi connectivity index (χ1v) is 15.0. The monoisotopic (exact) mass is 557 g/mol. The predicted molar refractivity (Wildman–Crippen MR) is 156 cm³/mol. The summed E-state index contributed by atoms with van der Waals surface area (Å²) in [4.78, 5) is 22.0. The molecule has 1 amide bonds. The number of pyridine rings is 1. The molecule has 3 aromatic rings. The number of likely N-dealkylation sites (tertiary alicyclic amines) is 1. The van der Waals surface area contributed by atoms with Crippen molar-refractivity contribution in [1.29, 1.82) is 0 Å². The second-order valence-electron chi connectivity index (χ2n) is 12.8. The van der Waals surface area contributed by atoms with Gasteiger partial charge in [-0.3, -0.25) is 0 Å². The number of piperidine rings is 1. The first-order chi connectivity index (χ1) is 19.8. The van der Waals surface area contributed by atoms with Crippen LogP contribution in [0, 0.1) is 0 Å². The second-order valence-corrected chi connectivity index (χ2v) is 12.8. The summed E-state index contributed by atoms with van der Waals surface area (Å²) in [5.41, 5.74) is 4.93. The fourth-order valence-electron chi connectivity index (χ4n) is 6.69. The zero-order valence-corrected chi connectivity index (χ0v) is 24.3. The molecule has 2 unspecified atom stereocenters. The highest BCUT2D eigenvalue weighted by Crippen LogP contribution is 2.45. The van der Waals surface area contributed by atoms with Gasteiger partial charge in [0.05, 0.1) is 11.7 Å². The van der Waals surface area contributed by atoms with E-state index in [0.29, 0.717) is 19.0 Å². The molecule has 0 saturated carbocycles. The third-order valence-corrected chi connectivity index (χ3v) is 8.85. The maximum Gasteiger partial charge on any atom is 0.410 e. The van der Waals surface area contributed by atoms with Crippen molar-refractivity contribution in [2.24, 2.45) is 0 Å². The lowest BCUT2D eigenvalue weighted by Crippen LogP contribution is -2.68. The van der Waals surface area contributed by atoms with Gasteiger partial charge in [0.2, 0.25) is 5.88 Å². The van der Waals surface area contributed by atoms with Crippen molar-refractivity contribution in [2.75, 3.05) is 31.1 Å². The number of anilines is 1. The van der Waals surface area contributed by atoms with E-state index in [-0.39, 0.29) is 17.9 Å². The Morgan fingerprint density at radius 2 is 1.93 bits per heavy atom. The smallest absolute Gasteiger partial charge is 0.410 e. The van der Waals surface area contributed by atoms with Crippen molar-refractivity contribution in [1.82, 2.24) is 19.7 Å². The van der Waals surface area contributed by atoms with Gasteiger partial charge in [-0.1, -0.05) is 12.1 Å². The highest BCUT2D eigenvalue weighted by molar-refractivity contribution is 5.78. The van der Waals surface area contributed by atoms with Crippen LogP contribution in [0.3, 0.4) is 0 Å². The van der Waals surface area contributed by atoms with E-state index < -0.39 is 5.60 Å². The van der Waals surface area contributed by atoms with Crippen LogP contribution in [0.1, 0.15) is 71.1 Å². The van der Waals surface area contributed by atoms with E-state index >= 15 is 0 Å². The van der Waals surface area contributed by atoms with Gasteiger partial charge in [-0.05, 0) is 94.2 Å². The van der Waals surface area contributed by atoms with E-state index in [1.807, 2.05) is 36.5 Å². The van der Waals surface area contributed by atoms with E-state index in [4.69, 9.17) is 19.2 Å². The van der Waals surface area contributed by atoms with Crippen LogP contribution < -0.4 is 9.64 Å². The molecule has 9 heteroatoms. The van der Waals surface area contributed by atoms with E-state index in [9.17, 15) is 4.79 Å². The number of hydrogen-bond acceptors (Lipinski definition) is 7. The first-order valence-electron chi connectivity index (χ1n) is 15.0. The number of ether oxygens (including phenoxy) is 3. The molecule has 4 aliphatic heterocycles. The largest absolute Gasteiger partial charge is 0.472 e. The van der Waals surface area contributed by atoms with Crippen LogP contribution in [0.4, 0.5) is 10.6 Å². The number of carbonyl (C=O) groups excluding carboxylic acids is 1. The molecular formula is C32H39N5O4. The topological polar surface area (TPSA) is 82.0 Å². The van der Waals surface area contributed by atoms with Gasteiger partial charge in [0, 0.05) is 43.6 Å². The minimum atomic E-state index is -0.499. The molecule has 1 spiro atoms. The normalized spacial score (nSPS) is 23.8. The van der Waals surface area contributed by atoms with Crippen LogP contribution in [0.15, 0.2) is 42.7 Å². The fraction of sp³-hybridized carbons (Fsp3) is 0.531. The fourth-order valence-corrected chi connectivity index (χ4v) is 6.69. The molecule has 1 aromatic carbocycles. The average Bonchev–Trinajstić information content (AvgIpc) is 3.46. The lowest BCUT2D eigenvalue weighted by molar-refractivity contribution is -0.0394. The van der Waals surface area contributed by atoms with Gasteiger partial charge in [0.15, 0.2) is 0 Å². The van der Waals surface area contributed by atoms with Crippen LogP contribution in [0.5, 0.6) is 5.88 Å². The molecule has 9 nitrogen and oxygen atoms in total. The number of nitrogens with zero attached hydrogens (tertiary/aromatic N) is 5. The highest BCUT2D eigenvalue weighted by Gasteiger charge is 2.49. The number of hydrogen-bond donors (Lipinski definition) is 0. The summed E-state index contributed by atoms with van der Waals surface area (Å²) >= 11 is 0. The van der Waals surface area contributed by atoms with Crippen molar-refractivity contribution >= 4 is 11.9 Å². The zero-order valence-electron chi connectivity index (χ0n) is 24.3. The number of carbonyl (C=O) groups is 1. The summed E-state index contributed by atoms with van der Waals surface area (Å²) in [6.07, 6.45) is 10.2. The molecule has 41 heavy (non-hydrogen) atoms. The molecule has 0 radical (unpaired) electrons. The predicted octanol–water partition coefficient (Wildman–Crippen LogP) is 6.18. The third-order valence-electron chi connectivity index (χ3n) is 8.85. The summed E-state index contributed by atoms with van der Waals surface area (Å²) in [7, 11) is 0. The Hall–Kier alpha value is -3.59. The van der Waals surface area contributed by atoms with Gasteiger partial charge in [0.1, 0.15) is 24.3 Å². The maximum absolute atomic E-state index is 12.8. The summed E-state index contributed by atoms with van der Waals surface area (Å²) in [5, 5.41) is 4.59. The van der Waals surface area contributed by atoms with Crippen molar-refractivity contribution in [3.8, 4) is 28.1 Å². The Kier molecular flexibility index (Phi) is 6.45. The standard InChI is InChI=1S/C32H39N5O4/c1-31(2,3)41-30(38)35-14-6-12-32(21-35)13-15-36(32)27-11-10-26-25-9-8-22(17-23(25)20-40-29(26)34-27)24-18-33-37(19-24)28-7-4-5-16-39-28/h8-11,17-19,28H,4-7,12-16,20-21H2,1-3H3. The molecule has 7 rings (SSSR count). The Morgan fingerprint density at radius 3 is 2.71 bits per heavy atom. The van der Waals surface area contributed by atoms with Crippen LogP contribution in [0.25, 0.3) is 22.3 Å². The Labute approximate surface area is 241 Å². The van der Waals surface area contributed by atoms with Gasteiger partial charge in [-0.15, -0.1) is 0 Å². The molecule has 6 heterocycles. The van der Waals surface area contributed by atoms with E-state index in [1.54, 1.807) is 0 Å². The lowest BCUT2D eigenvalue weighted by Gasteiger charge is -2.57. The first kappa shape index (κ1) is 26.3. The highest BCUT2D eigenvalue weighted by atomic mass is 16.6. The van der Waals surface area contributed by atoms with Crippen LogP contribution in [-0.2, 0) is 16.1 Å². The molecule has 0 N–H and O–H groups in total. The quantitative estimate of drug-likeness (QED) is 0.380. The van der Waals surface area contributed by atoms with Crippen LogP contribution >= 0.6 is 0 Å². The molecule has 216 valence electrons. The maximum atomic E-state index is 12.8. The molecular weight excluding hydrogens is 518 g/mol. The minimum Gasteiger partial charge on any atom is -0.472 e. The summed E-state index contributed by atoms with van der Waals surface area (Å²) in [5.74, 6) is 1.59. The summed E-state index contributed by atoms with van der Waals surface area (Å²) < 4.78 is 19.8. The minimum absolute atomic E-state index is 0.0325. The molecule has 2 atom stereocenters. The molecule has 2 aromatic heterocycles. The van der Waals surface area contributed by atoms with Crippen molar-refractivity contribution in [3.63, 3.8) is 0 Å². The van der Waals surface area contributed by atoms with Crippen molar-refractivity contribution in [2.45, 2.75) is 83.3 Å². The third kappa shape index (κ3) is 4.94. The van der Waals surface area contributed by atoms with Crippen molar-refractivity contribution < 1.29 is 19.0 Å². The van der Waals surface area contributed by atoms with E-state index in [1.165, 1.54) is 6.42 Å². The summed E-state index contributed by atoms with van der Waals surface area (Å²) in [6.45, 7) is 9.34. The Bertz CT molecular complexity index is 1460. The summed E-state index contributed by atoms with van der Waals surface area (Å²) in [6, 6.07) is 10.8.